The number of nitrogen functional groups attached to an aromatic ring is 1. The Morgan fingerprint density at radius 3 is 2.88 bits per heavy atom. The zero-order valence-electron chi connectivity index (χ0n) is 13.2. The average Bonchev–Trinajstić information content (AvgIpc) is 2.56. The Morgan fingerprint density at radius 2 is 2.12 bits per heavy atom. The highest BCUT2D eigenvalue weighted by Gasteiger charge is 2.27. The van der Waals surface area contributed by atoms with Crippen LogP contribution in [0.1, 0.15) is 5.56 Å². The third kappa shape index (κ3) is 3.10. The van der Waals surface area contributed by atoms with Gasteiger partial charge in [0, 0.05) is 41.3 Å². The highest BCUT2D eigenvalue weighted by atomic mass is 79.9. The van der Waals surface area contributed by atoms with Crippen molar-refractivity contribution in [3.05, 3.63) is 51.6 Å². The number of benzene rings is 1. The first-order valence-corrected chi connectivity index (χ1v) is 9.05. The number of nitrogens with two attached hydrogens (primary N) is 1. The van der Waals surface area contributed by atoms with Crippen LogP contribution in [0.5, 0.6) is 0 Å². The summed E-state index contributed by atoms with van der Waals surface area (Å²) in [5, 5.41) is 1.50. The van der Waals surface area contributed by atoms with E-state index in [1.165, 1.54) is 0 Å². The van der Waals surface area contributed by atoms with Gasteiger partial charge in [-0.1, -0.05) is 23.7 Å². The van der Waals surface area contributed by atoms with E-state index in [9.17, 15) is 4.39 Å². The largest absolute Gasteiger partial charge is 0.382 e. The molecule has 1 aliphatic heterocycles. The number of pyridine rings is 2. The fraction of sp³-hybridized carbons (Fsp3) is 0.222. The van der Waals surface area contributed by atoms with Crippen molar-refractivity contribution in [3.8, 4) is 11.3 Å². The van der Waals surface area contributed by atoms with Crippen LogP contribution in [-0.4, -0.2) is 34.1 Å². The van der Waals surface area contributed by atoms with Gasteiger partial charge in [-0.15, -0.1) is 0 Å². The summed E-state index contributed by atoms with van der Waals surface area (Å²) in [6, 6.07) is 9.63. The third-order valence-corrected chi connectivity index (χ3v) is 5.65. The van der Waals surface area contributed by atoms with Crippen LogP contribution in [0, 0.1) is 0 Å². The average molecular weight is 422 g/mol. The minimum absolute atomic E-state index is 0.379. The summed E-state index contributed by atoms with van der Waals surface area (Å²) in [4.78, 5) is 10.9. The molecule has 7 heteroatoms. The molecule has 0 bridgehead atoms. The second-order valence-corrected chi connectivity index (χ2v) is 7.39. The molecule has 1 aromatic carbocycles. The van der Waals surface area contributed by atoms with Gasteiger partial charge in [0.25, 0.3) is 0 Å². The fourth-order valence-corrected chi connectivity index (χ4v) is 3.66. The Kier molecular flexibility index (Phi) is 4.35. The quantitative estimate of drug-likeness (QED) is 0.679. The topological polar surface area (TPSA) is 55.0 Å². The summed E-state index contributed by atoms with van der Waals surface area (Å²) in [7, 11) is 0. The van der Waals surface area contributed by atoms with Gasteiger partial charge in [-0.25, -0.2) is 14.4 Å². The van der Waals surface area contributed by atoms with Crippen molar-refractivity contribution in [2.75, 3.05) is 18.8 Å². The molecule has 0 spiro atoms. The predicted octanol–water partition coefficient (Wildman–Crippen LogP) is 4.45. The number of aromatic nitrogens is 2. The minimum atomic E-state index is -0.744. The maximum absolute atomic E-state index is 13.2. The molecule has 4 nitrogen and oxygen atoms in total. The lowest BCUT2D eigenvalue weighted by molar-refractivity contribution is 0.0592. The van der Waals surface area contributed by atoms with Crippen LogP contribution in [0.2, 0.25) is 5.02 Å². The summed E-state index contributed by atoms with van der Waals surface area (Å²) >= 11 is 9.95. The van der Waals surface area contributed by atoms with Crippen LogP contribution in [-0.2, 0) is 6.54 Å². The molecule has 0 atom stereocenters. The SMILES string of the molecule is Nc1nccc2cc(CN3CC(F)C3)c(-c3cccc(Br)c3Cl)nc12. The highest BCUT2D eigenvalue weighted by Crippen LogP contribution is 2.36. The Hall–Kier alpha value is -1.76. The zero-order chi connectivity index (χ0) is 17.6. The first-order valence-electron chi connectivity index (χ1n) is 7.88. The van der Waals surface area contributed by atoms with Gasteiger partial charge in [-0.05, 0) is 39.7 Å². The fourth-order valence-electron chi connectivity index (χ4n) is 3.08. The molecule has 3 aromatic rings. The number of likely N-dealkylation sites (tertiary alicyclic amines) is 1. The maximum atomic E-state index is 13.2. The van der Waals surface area contributed by atoms with E-state index in [-0.39, 0.29) is 0 Å². The van der Waals surface area contributed by atoms with Crippen molar-refractivity contribution in [3.63, 3.8) is 0 Å². The van der Waals surface area contributed by atoms with Crippen molar-refractivity contribution < 1.29 is 4.39 Å². The molecule has 1 saturated heterocycles. The van der Waals surface area contributed by atoms with E-state index in [1.54, 1.807) is 6.20 Å². The molecule has 25 heavy (non-hydrogen) atoms. The predicted molar refractivity (Wildman–Crippen MR) is 102 cm³/mol. The van der Waals surface area contributed by atoms with Crippen LogP contribution in [0.25, 0.3) is 22.2 Å². The van der Waals surface area contributed by atoms with Crippen LogP contribution in [0.15, 0.2) is 41.0 Å². The molecule has 3 heterocycles. The van der Waals surface area contributed by atoms with Crippen molar-refractivity contribution in [1.29, 1.82) is 0 Å². The Balaban J connectivity index is 1.89. The van der Waals surface area contributed by atoms with Crippen molar-refractivity contribution in [1.82, 2.24) is 14.9 Å². The molecule has 0 unspecified atom stereocenters. The molecule has 1 aliphatic rings. The third-order valence-electron chi connectivity index (χ3n) is 4.35. The zero-order valence-corrected chi connectivity index (χ0v) is 15.6. The van der Waals surface area contributed by atoms with E-state index in [4.69, 9.17) is 22.3 Å². The Morgan fingerprint density at radius 1 is 1.32 bits per heavy atom. The molecule has 0 amide bonds. The van der Waals surface area contributed by atoms with E-state index in [2.05, 4.69) is 20.9 Å². The molecule has 0 aliphatic carbocycles. The van der Waals surface area contributed by atoms with Gasteiger partial charge in [-0.3, -0.25) is 4.90 Å². The number of hydrogen-bond donors (Lipinski definition) is 1. The van der Waals surface area contributed by atoms with Crippen LogP contribution in [0.4, 0.5) is 10.2 Å². The van der Waals surface area contributed by atoms with Gasteiger partial charge in [0.15, 0.2) is 0 Å². The lowest BCUT2D eigenvalue weighted by atomic mass is 10.0. The lowest BCUT2D eigenvalue weighted by Crippen LogP contribution is -2.47. The normalized spacial score (nSPS) is 15.5. The van der Waals surface area contributed by atoms with E-state index < -0.39 is 6.17 Å². The number of rotatable bonds is 3. The maximum Gasteiger partial charge on any atom is 0.149 e. The smallest absolute Gasteiger partial charge is 0.149 e. The number of hydrogen-bond acceptors (Lipinski definition) is 4. The van der Waals surface area contributed by atoms with E-state index >= 15 is 0 Å². The molecule has 2 aromatic heterocycles. The minimum Gasteiger partial charge on any atom is -0.382 e. The standard InChI is InChI=1S/C18H15BrClFN4/c19-14-3-1-2-13(15(14)20)16-11(7-25-8-12(21)9-25)6-10-4-5-23-18(22)17(10)24-16/h1-6,12H,7-9H2,(H2,22,23). The number of alkyl halides is 1. The number of fused-ring (bicyclic) bond motifs is 1. The molecule has 4 rings (SSSR count). The first-order chi connectivity index (χ1) is 12.0. The van der Waals surface area contributed by atoms with Gasteiger partial charge in [0.2, 0.25) is 0 Å². The van der Waals surface area contributed by atoms with Gasteiger partial charge >= 0.3 is 0 Å². The summed E-state index contributed by atoms with van der Waals surface area (Å²) < 4.78 is 14.0. The van der Waals surface area contributed by atoms with Crippen LogP contribution < -0.4 is 5.73 Å². The van der Waals surface area contributed by atoms with Gasteiger partial charge in [-0.2, -0.15) is 0 Å². The molecule has 2 N–H and O–H groups in total. The second-order valence-electron chi connectivity index (χ2n) is 6.16. The summed E-state index contributed by atoms with van der Waals surface area (Å²) in [6.45, 7) is 1.51. The molecular weight excluding hydrogens is 407 g/mol. The number of halogens is 3. The van der Waals surface area contributed by atoms with Gasteiger partial charge in [0.1, 0.15) is 17.5 Å². The number of nitrogens with zero attached hydrogens (tertiary/aromatic N) is 3. The summed E-state index contributed by atoms with van der Waals surface area (Å²) in [6.07, 6.45) is 0.919. The summed E-state index contributed by atoms with van der Waals surface area (Å²) in [5.41, 5.74) is 9.20. The summed E-state index contributed by atoms with van der Waals surface area (Å²) in [5.74, 6) is 0.379. The van der Waals surface area contributed by atoms with Gasteiger partial charge < -0.3 is 5.73 Å². The van der Waals surface area contributed by atoms with E-state index in [0.717, 1.165) is 26.7 Å². The first kappa shape index (κ1) is 16.7. The van der Waals surface area contributed by atoms with Crippen LogP contribution >= 0.6 is 27.5 Å². The molecule has 128 valence electrons. The van der Waals surface area contributed by atoms with Crippen molar-refractivity contribution in [2.45, 2.75) is 12.7 Å². The van der Waals surface area contributed by atoms with Crippen molar-refractivity contribution >= 4 is 44.3 Å². The van der Waals surface area contributed by atoms with Crippen molar-refractivity contribution in [2.24, 2.45) is 0 Å². The highest BCUT2D eigenvalue weighted by molar-refractivity contribution is 9.10. The molecule has 0 saturated carbocycles. The second kappa shape index (κ2) is 6.52. The number of anilines is 1. The molecule has 0 radical (unpaired) electrons. The van der Waals surface area contributed by atoms with Crippen LogP contribution in [0.3, 0.4) is 0 Å². The Bertz CT molecular complexity index is 959. The van der Waals surface area contributed by atoms with E-state index in [0.29, 0.717) is 36.0 Å². The lowest BCUT2D eigenvalue weighted by Gasteiger charge is -2.34. The van der Waals surface area contributed by atoms with E-state index in [1.807, 2.05) is 35.2 Å². The van der Waals surface area contributed by atoms with Gasteiger partial charge in [0.05, 0.1) is 10.7 Å². The Labute approximate surface area is 157 Å². The molecular formula is C18H15BrClFN4. The molecule has 1 fully saturated rings. The monoisotopic (exact) mass is 420 g/mol.